The fourth-order valence-electron chi connectivity index (χ4n) is 6.94. The summed E-state index contributed by atoms with van der Waals surface area (Å²) in [7, 11) is 0. The van der Waals surface area contributed by atoms with Crippen molar-refractivity contribution in [2.24, 2.45) is 0 Å². The molecule has 1 amide bonds. The van der Waals surface area contributed by atoms with Crippen LogP contribution in [0.2, 0.25) is 0 Å². The Labute approximate surface area is 251 Å². The van der Waals surface area contributed by atoms with Crippen LogP contribution in [0.15, 0.2) is 133 Å². The summed E-state index contributed by atoms with van der Waals surface area (Å²) >= 11 is 0. The minimum absolute atomic E-state index is 0.0309. The summed E-state index contributed by atoms with van der Waals surface area (Å²) in [4.78, 5) is 16.8. The standard InChI is InChI=1S/C40H30N2O/c1-26-13-9-22-33-34-23-10-14-27(2)38(34)42(37(26)33)35-24-11-19-30-25-41(40(43)36(30)35)39-31(28-15-5-3-6-16-28)20-12-21-32(39)29-17-7-4-8-18-29/h3-24H,25H2,1-2H3. The molecular formula is C40H30N2O. The Hall–Kier alpha value is -5.41. The summed E-state index contributed by atoms with van der Waals surface area (Å²) in [6, 6.07) is 46.4. The van der Waals surface area contributed by atoms with E-state index < -0.39 is 0 Å². The third kappa shape index (κ3) is 3.85. The van der Waals surface area contributed by atoms with Crippen molar-refractivity contribution >= 4 is 33.4 Å². The van der Waals surface area contributed by atoms with Crippen LogP contribution in [0.3, 0.4) is 0 Å². The first kappa shape index (κ1) is 25.3. The lowest BCUT2D eigenvalue weighted by Gasteiger charge is -2.24. The Morgan fingerprint density at radius 1 is 0.535 bits per heavy atom. The molecule has 8 rings (SSSR count). The van der Waals surface area contributed by atoms with Gasteiger partial charge in [0.05, 0.1) is 34.5 Å². The molecule has 0 unspecified atom stereocenters. The second-order valence-corrected chi connectivity index (χ2v) is 11.4. The average molecular weight is 555 g/mol. The quantitative estimate of drug-likeness (QED) is 0.213. The van der Waals surface area contributed by atoms with E-state index in [-0.39, 0.29) is 5.91 Å². The van der Waals surface area contributed by atoms with Gasteiger partial charge in [-0.25, -0.2) is 0 Å². The second-order valence-electron chi connectivity index (χ2n) is 11.4. The van der Waals surface area contributed by atoms with E-state index in [0.717, 1.165) is 55.8 Å². The van der Waals surface area contributed by atoms with Gasteiger partial charge in [0.2, 0.25) is 0 Å². The minimum atomic E-state index is 0.0309. The van der Waals surface area contributed by atoms with Crippen molar-refractivity contribution in [2.75, 3.05) is 4.90 Å². The molecule has 0 atom stereocenters. The van der Waals surface area contributed by atoms with Gasteiger partial charge in [0.25, 0.3) is 5.91 Å². The first-order chi connectivity index (χ1) is 21.1. The molecule has 7 aromatic rings. The third-order valence-corrected chi connectivity index (χ3v) is 8.85. The zero-order valence-electron chi connectivity index (χ0n) is 24.2. The average Bonchev–Trinajstić information content (AvgIpc) is 3.58. The second kappa shape index (κ2) is 9.85. The van der Waals surface area contributed by atoms with Crippen LogP contribution < -0.4 is 4.90 Å². The smallest absolute Gasteiger partial charge is 0.261 e. The van der Waals surface area contributed by atoms with E-state index in [4.69, 9.17) is 0 Å². The van der Waals surface area contributed by atoms with E-state index in [2.05, 4.69) is 140 Å². The molecule has 1 aliphatic heterocycles. The maximum atomic E-state index is 14.8. The van der Waals surface area contributed by atoms with E-state index in [1.165, 1.54) is 21.9 Å². The lowest BCUT2D eigenvalue weighted by molar-refractivity contribution is 0.0997. The first-order valence-electron chi connectivity index (χ1n) is 14.8. The van der Waals surface area contributed by atoms with Crippen molar-refractivity contribution in [3.8, 4) is 27.9 Å². The number of aromatic nitrogens is 1. The van der Waals surface area contributed by atoms with Gasteiger partial charge >= 0.3 is 0 Å². The molecule has 3 heteroatoms. The summed E-state index contributed by atoms with van der Waals surface area (Å²) in [6.45, 7) is 4.83. The van der Waals surface area contributed by atoms with Crippen molar-refractivity contribution < 1.29 is 4.79 Å². The summed E-state index contributed by atoms with van der Waals surface area (Å²) in [5.74, 6) is 0.0309. The number of carbonyl (C=O) groups is 1. The van der Waals surface area contributed by atoms with Crippen LogP contribution in [-0.4, -0.2) is 10.5 Å². The largest absolute Gasteiger partial charge is 0.308 e. The molecule has 206 valence electrons. The summed E-state index contributed by atoms with van der Waals surface area (Å²) in [5, 5.41) is 2.42. The van der Waals surface area contributed by atoms with E-state index in [9.17, 15) is 4.79 Å². The van der Waals surface area contributed by atoms with Crippen molar-refractivity contribution in [3.63, 3.8) is 0 Å². The van der Waals surface area contributed by atoms with Crippen molar-refractivity contribution in [3.05, 3.63) is 156 Å². The number of fused-ring (bicyclic) bond motifs is 4. The number of rotatable bonds is 4. The molecule has 3 nitrogen and oxygen atoms in total. The van der Waals surface area contributed by atoms with Gasteiger partial charge in [-0.1, -0.05) is 127 Å². The van der Waals surface area contributed by atoms with Gasteiger partial charge in [-0.2, -0.15) is 0 Å². The lowest BCUT2D eigenvalue weighted by atomic mass is 9.95. The van der Waals surface area contributed by atoms with Gasteiger partial charge in [-0.15, -0.1) is 0 Å². The van der Waals surface area contributed by atoms with Gasteiger partial charge in [0.15, 0.2) is 0 Å². The van der Waals surface area contributed by atoms with Gasteiger partial charge in [0.1, 0.15) is 0 Å². The highest BCUT2D eigenvalue weighted by molar-refractivity contribution is 6.18. The first-order valence-corrected chi connectivity index (χ1v) is 14.8. The number of amides is 1. The number of benzene rings is 6. The molecule has 6 aromatic carbocycles. The highest BCUT2D eigenvalue weighted by Crippen LogP contribution is 2.45. The topological polar surface area (TPSA) is 25.2 Å². The fraction of sp³-hybridized carbons (Fsp3) is 0.0750. The molecule has 0 spiro atoms. The molecule has 0 N–H and O–H groups in total. The molecule has 0 saturated heterocycles. The Morgan fingerprint density at radius 2 is 1.05 bits per heavy atom. The Morgan fingerprint density at radius 3 is 1.60 bits per heavy atom. The van der Waals surface area contributed by atoms with Crippen LogP contribution in [0.1, 0.15) is 27.0 Å². The summed E-state index contributed by atoms with van der Waals surface area (Å²) in [5.41, 5.74) is 12.7. The van der Waals surface area contributed by atoms with Crippen LogP contribution in [0.4, 0.5) is 5.69 Å². The molecule has 0 bridgehead atoms. The predicted molar refractivity (Wildman–Crippen MR) is 178 cm³/mol. The lowest BCUT2D eigenvalue weighted by Crippen LogP contribution is -2.25. The normalized spacial score (nSPS) is 12.8. The van der Waals surface area contributed by atoms with Gasteiger partial charge < -0.3 is 9.47 Å². The zero-order chi connectivity index (χ0) is 29.1. The van der Waals surface area contributed by atoms with Crippen LogP contribution in [0, 0.1) is 13.8 Å². The molecule has 0 radical (unpaired) electrons. The maximum Gasteiger partial charge on any atom is 0.261 e. The van der Waals surface area contributed by atoms with Crippen LogP contribution in [0.25, 0.3) is 49.7 Å². The number of hydrogen-bond donors (Lipinski definition) is 0. The zero-order valence-corrected chi connectivity index (χ0v) is 24.2. The SMILES string of the molecule is Cc1cccc2c3cccc(C)c3n(-c3cccc4c3C(=O)N(c3c(-c5ccccc5)cccc3-c3ccccc3)C4)c12. The third-order valence-electron chi connectivity index (χ3n) is 8.85. The molecule has 1 aliphatic rings. The van der Waals surface area contributed by atoms with Crippen LogP contribution in [-0.2, 0) is 6.54 Å². The molecule has 43 heavy (non-hydrogen) atoms. The summed E-state index contributed by atoms with van der Waals surface area (Å²) < 4.78 is 2.33. The Balaban J connectivity index is 1.38. The number of carbonyl (C=O) groups excluding carboxylic acids is 1. The number of anilines is 1. The van der Waals surface area contributed by atoms with E-state index in [0.29, 0.717) is 6.54 Å². The van der Waals surface area contributed by atoms with Gasteiger partial charge in [-0.3, -0.25) is 4.79 Å². The van der Waals surface area contributed by atoms with Gasteiger partial charge in [0, 0.05) is 21.9 Å². The monoisotopic (exact) mass is 554 g/mol. The fourth-order valence-corrected chi connectivity index (χ4v) is 6.94. The highest BCUT2D eigenvalue weighted by Gasteiger charge is 2.35. The van der Waals surface area contributed by atoms with E-state index in [1.807, 2.05) is 17.0 Å². The van der Waals surface area contributed by atoms with Crippen LogP contribution in [0.5, 0.6) is 0 Å². The number of para-hydroxylation sites is 3. The minimum Gasteiger partial charge on any atom is -0.308 e. The van der Waals surface area contributed by atoms with Crippen molar-refractivity contribution in [2.45, 2.75) is 20.4 Å². The molecule has 0 aliphatic carbocycles. The molecular weight excluding hydrogens is 524 g/mol. The number of aryl methyl sites for hydroxylation is 2. The number of hydrogen-bond acceptors (Lipinski definition) is 1. The molecule has 1 aromatic heterocycles. The highest BCUT2D eigenvalue weighted by atomic mass is 16.2. The Kier molecular flexibility index (Phi) is 5.80. The van der Waals surface area contributed by atoms with Gasteiger partial charge in [-0.05, 0) is 47.7 Å². The molecule has 0 fully saturated rings. The maximum absolute atomic E-state index is 14.8. The van der Waals surface area contributed by atoms with Crippen molar-refractivity contribution in [1.82, 2.24) is 4.57 Å². The predicted octanol–water partition coefficient (Wildman–Crippen LogP) is 9.89. The van der Waals surface area contributed by atoms with E-state index >= 15 is 0 Å². The molecule has 2 heterocycles. The Bertz CT molecular complexity index is 2080. The van der Waals surface area contributed by atoms with E-state index in [1.54, 1.807) is 0 Å². The van der Waals surface area contributed by atoms with Crippen molar-refractivity contribution in [1.29, 1.82) is 0 Å². The van der Waals surface area contributed by atoms with Crippen LogP contribution >= 0.6 is 0 Å². The molecule has 0 saturated carbocycles. The number of nitrogens with zero attached hydrogens (tertiary/aromatic N) is 2. The summed E-state index contributed by atoms with van der Waals surface area (Å²) in [6.07, 6.45) is 0.